The van der Waals surface area contributed by atoms with Gasteiger partial charge in [-0.05, 0) is 63.5 Å². The Balaban J connectivity index is 1.27. The van der Waals surface area contributed by atoms with Crippen LogP contribution in [-0.2, 0) is 22.6 Å². The van der Waals surface area contributed by atoms with Crippen LogP contribution in [0.1, 0.15) is 41.1 Å². The number of hydrogen-bond donors (Lipinski definition) is 2. The van der Waals surface area contributed by atoms with E-state index in [9.17, 15) is 5.11 Å². The van der Waals surface area contributed by atoms with Crippen molar-refractivity contribution in [2.45, 2.75) is 38.1 Å². The van der Waals surface area contributed by atoms with Crippen molar-refractivity contribution in [2.75, 3.05) is 19.3 Å². The van der Waals surface area contributed by atoms with E-state index in [1.807, 2.05) is 48.5 Å². The summed E-state index contributed by atoms with van der Waals surface area (Å²) in [7, 11) is 2.16. The summed E-state index contributed by atoms with van der Waals surface area (Å²) in [6.07, 6.45) is 0.0490. The van der Waals surface area contributed by atoms with Crippen LogP contribution in [0.5, 0.6) is 0 Å². The maximum Gasteiger partial charge on any atom is 0.185 e. The van der Waals surface area contributed by atoms with Crippen molar-refractivity contribution in [3.8, 4) is 0 Å². The number of benzene rings is 5. The van der Waals surface area contributed by atoms with Crippen molar-refractivity contribution in [2.24, 2.45) is 0 Å². The van der Waals surface area contributed by atoms with Gasteiger partial charge in [0.05, 0.1) is 18.8 Å². The van der Waals surface area contributed by atoms with Gasteiger partial charge in [-0.25, -0.2) is 0 Å². The zero-order chi connectivity index (χ0) is 26.8. The Morgan fingerprint density at radius 2 is 1.49 bits per heavy atom. The SMILES string of the molecule is CN(Cc1c2ccccc2cc2ccccc12)CC1CC(c2ccc(CO)cc2)OC(c2cccc(N)c2)O1. The Bertz CT molecular complexity index is 1530. The van der Waals surface area contributed by atoms with E-state index in [0.29, 0.717) is 5.69 Å². The summed E-state index contributed by atoms with van der Waals surface area (Å²) >= 11 is 0. The third-order valence-corrected chi connectivity index (χ3v) is 7.62. The lowest BCUT2D eigenvalue weighted by Crippen LogP contribution is -2.37. The molecule has 0 amide bonds. The van der Waals surface area contributed by atoms with Gasteiger partial charge in [0.2, 0.25) is 0 Å². The van der Waals surface area contributed by atoms with Gasteiger partial charge in [-0.1, -0.05) is 84.9 Å². The monoisotopic (exact) mass is 518 g/mol. The molecule has 0 bridgehead atoms. The normalized spacial score (nSPS) is 19.6. The minimum atomic E-state index is -0.512. The molecule has 0 aliphatic carbocycles. The number of hydrogen-bond acceptors (Lipinski definition) is 5. The van der Waals surface area contributed by atoms with Crippen LogP contribution in [0, 0.1) is 0 Å². The predicted octanol–water partition coefficient (Wildman–Crippen LogP) is 6.74. The summed E-state index contributed by atoms with van der Waals surface area (Å²) in [5.41, 5.74) is 11.0. The Morgan fingerprint density at radius 1 is 0.795 bits per heavy atom. The van der Waals surface area contributed by atoms with Gasteiger partial charge in [-0.2, -0.15) is 0 Å². The topological polar surface area (TPSA) is 68.0 Å². The van der Waals surface area contributed by atoms with Gasteiger partial charge < -0.3 is 20.3 Å². The van der Waals surface area contributed by atoms with Crippen molar-refractivity contribution < 1.29 is 14.6 Å². The van der Waals surface area contributed by atoms with E-state index in [1.165, 1.54) is 27.1 Å². The number of likely N-dealkylation sites (N-methyl/N-ethyl adjacent to an activating group) is 1. The van der Waals surface area contributed by atoms with Crippen LogP contribution >= 0.6 is 0 Å². The summed E-state index contributed by atoms with van der Waals surface area (Å²) in [5, 5.41) is 14.6. The van der Waals surface area contributed by atoms with Gasteiger partial charge >= 0.3 is 0 Å². The van der Waals surface area contributed by atoms with Crippen LogP contribution in [0.2, 0.25) is 0 Å². The molecule has 3 N–H and O–H groups in total. The van der Waals surface area contributed by atoms with Gasteiger partial charge in [0.25, 0.3) is 0 Å². The van der Waals surface area contributed by atoms with Crippen molar-refractivity contribution in [1.29, 1.82) is 0 Å². The van der Waals surface area contributed by atoms with E-state index >= 15 is 0 Å². The number of nitrogen functional groups attached to an aromatic ring is 1. The molecular formula is C34H34N2O3. The largest absolute Gasteiger partial charge is 0.399 e. The first-order valence-corrected chi connectivity index (χ1v) is 13.5. The average molecular weight is 519 g/mol. The molecule has 3 unspecified atom stereocenters. The van der Waals surface area contributed by atoms with Gasteiger partial charge in [0.1, 0.15) is 0 Å². The standard InChI is InChI=1S/C34H34N2O3/c1-36(21-32-30-11-4-2-7-25(30)17-26-8-3-5-12-31(26)32)20-29-19-33(24-15-13-23(22-37)14-16-24)39-34(38-29)27-9-6-10-28(35)18-27/h2-18,29,33-34,37H,19-22,35H2,1H3. The molecule has 1 saturated heterocycles. The lowest BCUT2D eigenvalue weighted by atomic mass is 9.96. The maximum absolute atomic E-state index is 9.48. The maximum atomic E-state index is 9.48. The number of aliphatic hydroxyl groups is 1. The Hall–Kier alpha value is -3.74. The second-order valence-corrected chi connectivity index (χ2v) is 10.5. The van der Waals surface area contributed by atoms with E-state index in [2.05, 4.69) is 66.5 Å². The number of rotatable bonds is 7. The summed E-state index contributed by atoms with van der Waals surface area (Å²) in [4.78, 5) is 2.35. The van der Waals surface area contributed by atoms with Gasteiger partial charge in [0.15, 0.2) is 6.29 Å². The molecule has 198 valence electrons. The van der Waals surface area contributed by atoms with Crippen LogP contribution in [0.15, 0.2) is 103 Å². The second kappa shape index (κ2) is 11.2. The van der Waals surface area contributed by atoms with E-state index in [1.54, 1.807) is 0 Å². The molecule has 3 atom stereocenters. The molecule has 0 spiro atoms. The summed E-state index contributed by atoms with van der Waals surface area (Å²) < 4.78 is 13.0. The minimum absolute atomic E-state index is 0.0249. The molecule has 5 heteroatoms. The second-order valence-electron chi connectivity index (χ2n) is 10.5. The van der Waals surface area contributed by atoms with Crippen LogP contribution in [0.4, 0.5) is 5.69 Å². The molecule has 1 aliphatic heterocycles. The molecule has 39 heavy (non-hydrogen) atoms. The Morgan fingerprint density at radius 3 is 2.15 bits per heavy atom. The first kappa shape index (κ1) is 25.5. The third-order valence-electron chi connectivity index (χ3n) is 7.62. The van der Waals surface area contributed by atoms with Gasteiger partial charge in [-0.15, -0.1) is 0 Å². The number of fused-ring (bicyclic) bond motifs is 2. The number of nitrogens with zero attached hydrogens (tertiary/aromatic N) is 1. The Kier molecular flexibility index (Phi) is 7.31. The summed E-state index contributed by atoms with van der Waals surface area (Å²) in [6.45, 7) is 1.59. The highest BCUT2D eigenvalue weighted by Crippen LogP contribution is 2.39. The van der Waals surface area contributed by atoms with Gasteiger partial charge in [-0.3, -0.25) is 4.90 Å². The molecule has 6 rings (SSSR count). The average Bonchev–Trinajstić information content (AvgIpc) is 2.97. The van der Waals surface area contributed by atoms with Crippen molar-refractivity contribution in [1.82, 2.24) is 4.90 Å². The van der Waals surface area contributed by atoms with Crippen molar-refractivity contribution >= 4 is 27.2 Å². The highest BCUT2D eigenvalue weighted by Gasteiger charge is 2.33. The lowest BCUT2D eigenvalue weighted by Gasteiger charge is -2.38. The Labute approximate surface area is 229 Å². The highest BCUT2D eigenvalue weighted by atomic mass is 16.7. The molecule has 1 heterocycles. The smallest absolute Gasteiger partial charge is 0.185 e. The predicted molar refractivity (Wildman–Crippen MR) is 157 cm³/mol. The highest BCUT2D eigenvalue weighted by molar-refractivity contribution is 6.02. The van der Waals surface area contributed by atoms with Crippen LogP contribution in [-0.4, -0.2) is 29.7 Å². The van der Waals surface area contributed by atoms with E-state index in [-0.39, 0.29) is 18.8 Å². The molecular weight excluding hydrogens is 484 g/mol. The molecule has 0 radical (unpaired) electrons. The zero-order valence-corrected chi connectivity index (χ0v) is 22.2. The zero-order valence-electron chi connectivity index (χ0n) is 22.2. The van der Waals surface area contributed by atoms with Crippen LogP contribution < -0.4 is 5.73 Å². The third kappa shape index (κ3) is 5.54. The fourth-order valence-electron chi connectivity index (χ4n) is 5.70. The first-order chi connectivity index (χ1) is 19.1. The number of anilines is 1. The molecule has 0 aromatic heterocycles. The first-order valence-electron chi connectivity index (χ1n) is 13.5. The fourth-order valence-corrected chi connectivity index (χ4v) is 5.70. The molecule has 5 aromatic rings. The van der Waals surface area contributed by atoms with E-state index in [0.717, 1.165) is 36.2 Å². The molecule has 5 aromatic carbocycles. The minimum Gasteiger partial charge on any atom is -0.399 e. The van der Waals surface area contributed by atoms with Gasteiger partial charge in [0, 0.05) is 30.8 Å². The number of nitrogens with two attached hydrogens (primary N) is 1. The van der Waals surface area contributed by atoms with Crippen molar-refractivity contribution in [3.63, 3.8) is 0 Å². The van der Waals surface area contributed by atoms with E-state index < -0.39 is 6.29 Å². The molecule has 1 fully saturated rings. The van der Waals surface area contributed by atoms with Crippen LogP contribution in [0.3, 0.4) is 0 Å². The van der Waals surface area contributed by atoms with Crippen LogP contribution in [0.25, 0.3) is 21.5 Å². The number of ether oxygens (including phenoxy) is 2. The fraction of sp³-hybridized carbons (Fsp3) is 0.235. The molecule has 5 nitrogen and oxygen atoms in total. The number of aliphatic hydroxyl groups excluding tert-OH is 1. The van der Waals surface area contributed by atoms with Crippen molar-refractivity contribution in [3.05, 3.63) is 125 Å². The van der Waals surface area contributed by atoms with E-state index in [4.69, 9.17) is 15.2 Å². The summed E-state index contributed by atoms with van der Waals surface area (Å²) in [5.74, 6) is 0. The molecule has 0 saturated carbocycles. The summed E-state index contributed by atoms with van der Waals surface area (Å²) in [6, 6.07) is 35.3. The quantitative estimate of drug-likeness (QED) is 0.184. The lowest BCUT2D eigenvalue weighted by molar-refractivity contribution is -0.252. The molecule has 1 aliphatic rings.